The van der Waals surface area contributed by atoms with Crippen LogP contribution < -0.4 is 20.9 Å². The number of pyridine rings is 1. The monoisotopic (exact) mass is 319 g/mol. The Morgan fingerprint density at radius 2 is 1.96 bits per heavy atom. The highest BCUT2D eigenvalue weighted by molar-refractivity contribution is 5.89. The Bertz CT molecular complexity index is 741. The van der Waals surface area contributed by atoms with Crippen LogP contribution in [0.4, 0.5) is 14.9 Å². The van der Waals surface area contributed by atoms with Crippen LogP contribution >= 0.6 is 0 Å². The standard InChI is InChI=1S/C16H18FN3O3/c1-11-9-14(23-2)10-15(21)20(11)8-7-18-16(22)19-13-5-3-12(17)4-6-13/h3-6,9-10H,7-8H2,1-2H3,(H2,18,19,22). The summed E-state index contributed by atoms with van der Waals surface area (Å²) in [6.45, 7) is 2.41. The Morgan fingerprint density at radius 1 is 1.26 bits per heavy atom. The van der Waals surface area contributed by atoms with Gasteiger partial charge in [-0.2, -0.15) is 0 Å². The van der Waals surface area contributed by atoms with Gasteiger partial charge in [-0.25, -0.2) is 9.18 Å². The lowest BCUT2D eigenvalue weighted by Gasteiger charge is -2.12. The zero-order chi connectivity index (χ0) is 16.8. The van der Waals surface area contributed by atoms with Gasteiger partial charge >= 0.3 is 6.03 Å². The van der Waals surface area contributed by atoms with E-state index in [4.69, 9.17) is 4.74 Å². The topological polar surface area (TPSA) is 72.4 Å². The molecule has 0 fully saturated rings. The van der Waals surface area contributed by atoms with Gasteiger partial charge in [0.15, 0.2) is 0 Å². The highest BCUT2D eigenvalue weighted by Gasteiger charge is 2.05. The second-order valence-electron chi connectivity index (χ2n) is 4.91. The molecule has 0 spiro atoms. The number of rotatable bonds is 5. The maximum absolute atomic E-state index is 12.8. The van der Waals surface area contributed by atoms with Crippen molar-refractivity contribution in [2.24, 2.45) is 0 Å². The minimum Gasteiger partial charge on any atom is -0.496 e. The number of urea groups is 1. The highest BCUT2D eigenvalue weighted by atomic mass is 19.1. The Hall–Kier alpha value is -2.83. The fourth-order valence-electron chi connectivity index (χ4n) is 2.09. The fourth-order valence-corrected chi connectivity index (χ4v) is 2.09. The van der Waals surface area contributed by atoms with Gasteiger partial charge in [-0.1, -0.05) is 0 Å². The summed E-state index contributed by atoms with van der Waals surface area (Å²) in [5.41, 5.74) is 1.04. The first-order valence-electron chi connectivity index (χ1n) is 7.05. The maximum atomic E-state index is 12.8. The van der Waals surface area contributed by atoms with E-state index >= 15 is 0 Å². The van der Waals surface area contributed by atoms with Gasteiger partial charge in [0.25, 0.3) is 5.56 Å². The summed E-state index contributed by atoms with van der Waals surface area (Å²) in [7, 11) is 1.50. The highest BCUT2D eigenvalue weighted by Crippen LogP contribution is 2.09. The average molecular weight is 319 g/mol. The van der Waals surface area contributed by atoms with Crippen molar-refractivity contribution in [3.63, 3.8) is 0 Å². The largest absolute Gasteiger partial charge is 0.496 e. The van der Waals surface area contributed by atoms with Crippen molar-refractivity contribution in [3.05, 3.63) is 58.3 Å². The molecule has 122 valence electrons. The van der Waals surface area contributed by atoms with Crippen LogP contribution in [0.1, 0.15) is 5.69 Å². The van der Waals surface area contributed by atoms with Crippen LogP contribution in [-0.4, -0.2) is 24.3 Å². The third-order valence-corrected chi connectivity index (χ3v) is 3.27. The molecule has 0 aliphatic carbocycles. The lowest BCUT2D eigenvalue weighted by molar-refractivity contribution is 0.251. The number of hydrogen-bond acceptors (Lipinski definition) is 3. The second kappa shape index (κ2) is 7.44. The van der Waals surface area contributed by atoms with Gasteiger partial charge in [-0.15, -0.1) is 0 Å². The van der Waals surface area contributed by atoms with Crippen LogP contribution in [-0.2, 0) is 6.54 Å². The van der Waals surface area contributed by atoms with E-state index in [2.05, 4.69) is 10.6 Å². The van der Waals surface area contributed by atoms with Crippen LogP contribution in [0.2, 0.25) is 0 Å². The molecule has 0 aliphatic heterocycles. The first-order valence-corrected chi connectivity index (χ1v) is 7.05. The number of halogens is 1. The zero-order valence-corrected chi connectivity index (χ0v) is 12.9. The Labute approximate surface area is 132 Å². The van der Waals surface area contributed by atoms with Gasteiger partial charge in [-0.05, 0) is 37.3 Å². The van der Waals surface area contributed by atoms with Crippen LogP contribution in [0.15, 0.2) is 41.2 Å². The van der Waals surface area contributed by atoms with Crippen LogP contribution in [0.5, 0.6) is 5.75 Å². The minimum atomic E-state index is -0.421. The third-order valence-electron chi connectivity index (χ3n) is 3.27. The predicted octanol–water partition coefficient (Wildman–Crippen LogP) is 2.13. The molecule has 1 heterocycles. The Balaban J connectivity index is 1.88. The van der Waals surface area contributed by atoms with Gasteiger partial charge in [-0.3, -0.25) is 4.79 Å². The normalized spacial score (nSPS) is 10.2. The maximum Gasteiger partial charge on any atom is 0.319 e. The molecule has 0 saturated carbocycles. The van der Waals surface area contributed by atoms with E-state index in [0.29, 0.717) is 18.0 Å². The molecular weight excluding hydrogens is 301 g/mol. The van der Waals surface area contributed by atoms with Crippen molar-refractivity contribution in [1.29, 1.82) is 0 Å². The number of anilines is 1. The van der Waals surface area contributed by atoms with E-state index in [1.807, 2.05) is 0 Å². The van der Waals surface area contributed by atoms with E-state index in [0.717, 1.165) is 5.69 Å². The molecule has 2 amide bonds. The molecule has 0 unspecified atom stereocenters. The Morgan fingerprint density at radius 3 is 2.57 bits per heavy atom. The summed E-state index contributed by atoms with van der Waals surface area (Å²) >= 11 is 0. The van der Waals surface area contributed by atoms with Crippen molar-refractivity contribution in [2.75, 3.05) is 19.0 Å². The number of carbonyl (C=O) groups excluding carboxylic acids is 1. The van der Waals surface area contributed by atoms with E-state index in [1.165, 1.54) is 37.4 Å². The molecule has 2 aromatic rings. The molecule has 0 bridgehead atoms. The molecule has 2 N–H and O–H groups in total. The van der Waals surface area contributed by atoms with E-state index in [9.17, 15) is 14.0 Å². The molecule has 7 heteroatoms. The number of aromatic nitrogens is 1. The summed E-state index contributed by atoms with van der Waals surface area (Å²) in [6.07, 6.45) is 0. The summed E-state index contributed by atoms with van der Waals surface area (Å²) in [5, 5.41) is 5.22. The molecule has 0 saturated heterocycles. The number of benzene rings is 1. The quantitative estimate of drug-likeness (QED) is 0.887. The zero-order valence-electron chi connectivity index (χ0n) is 12.9. The van der Waals surface area contributed by atoms with E-state index in [1.54, 1.807) is 17.6 Å². The van der Waals surface area contributed by atoms with Gasteiger partial charge < -0.3 is 19.9 Å². The van der Waals surface area contributed by atoms with Gasteiger partial charge in [0.1, 0.15) is 11.6 Å². The molecule has 0 atom stereocenters. The van der Waals surface area contributed by atoms with Crippen molar-refractivity contribution in [1.82, 2.24) is 9.88 Å². The van der Waals surface area contributed by atoms with Crippen LogP contribution in [0.25, 0.3) is 0 Å². The number of nitrogens with zero attached hydrogens (tertiary/aromatic N) is 1. The summed E-state index contributed by atoms with van der Waals surface area (Å²) in [5.74, 6) is 0.135. The number of nitrogens with one attached hydrogen (secondary N) is 2. The number of methoxy groups -OCH3 is 1. The molecular formula is C16H18FN3O3. The van der Waals surface area contributed by atoms with E-state index in [-0.39, 0.29) is 17.9 Å². The van der Waals surface area contributed by atoms with Crippen molar-refractivity contribution in [3.8, 4) is 5.75 Å². The van der Waals surface area contributed by atoms with Crippen molar-refractivity contribution < 1.29 is 13.9 Å². The third kappa shape index (κ3) is 4.57. The SMILES string of the molecule is COc1cc(C)n(CCNC(=O)Nc2ccc(F)cc2)c(=O)c1. The van der Waals surface area contributed by atoms with Gasteiger partial charge in [0.2, 0.25) is 0 Å². The number of carbonyl (C=O) groups is 1. The molecule has 0 radical (unpaired) electrons. The molecule has 1 aromatic heterocycles. The van der Waals surface area contributed by atoms with E-state index < -0.39 is 6.03 Å². The molecule has 0 aliphatic rings. The van der Waals surface area contributed by atoms with Gasteiger partial charge in [0, 0.05) is 30.5 Å². The van der Waals surface area contributed by atoms with Crippen LogP contribution in [0.3, 0.4) is 0 Å². The molecule has 6 nitrogen and oxygen atoms in total. The fraction of sp³-hybridized carbons (Fsp3) is 0.250. The van der Waals surface area contributed by atoms with Crippen molar-refractivity contribution in [2.45, 2.75) is 13.5 Å². The number of ether oxygens (including phenoxy) is 1. The van der Waals surface area contributed by atoms with Crippen molar-refractivity contribution >= 4 is 11.7 Å². The summed E-state index contributed by atoms with van der Waals surface area (Å²) < 4.78 is 19.3. The van der Waals surface area contributed by atoms with Gasteiger partial charge in [0.05, 0.1) is 7.11 Å². The smallest absolute Gasteiger partial charge is 0.319 e. The summed E-state index contributed by atoms with van der Waals surface area (Å²) in [4.78, 5) is 23.7. The average Bonchev–Trinajstić information content (AvgIpc) is 2.52. The number of hydrogen-bond donors (Lipinski definition) is 2. The molecule has 23 heavy (non-hydrogen) atoms. The molecule has 1 aromatic carbocycles. The first-order chi connectivity index (χ1) is 11.0. The molecule has 2 rings (SSSR count). The van der Waals surface area contributed by atoms with Crippen LogP contribution in [0, 0.1) is 12.7 Å². The number of aryl methyl sites for hydroxylation is 1. The second-order valence-corrected chi connectivity index (χ2v) is 4.91. The lowest BCUT2D eigenvalue weighted by atomic mass is 10.3. The Kier molecular flexibility index (Phi) is 5.35. The predicted molar refractivity (Wildman–Crippen MR) is 85.4 cm³/mol. The minimum absolute atomic E-state index is 0.192. The lowest BCUT2D eigenvalue weighted by Crippen LogP contribution is -2.34. The summed E-state index contributed by atoms with van der Waals surface area (Å²) in [6, 6.07) is 8.17. The first kappa shape index (κ1) is 16.5. The number of amides is 2.